The van der Waals surface area contributed by atoms with Gasteiger partial charge in [-0.2, -0.15) is 13.2 Å². The van der Waals surface area contributed by atoms with Crippen molar-refractivity contribution in [2.45, 2.75) is 39.3 Å². The molecular weight excluding hydrogens is 255 g/mol. The summed E-state index contributed by atoms with van der Waals surface area (Å²) in [5.41, 5.74) is 4.95. The molecule has 0 bridgehead atoms. The van der Waals surface area contributed by atoms with Crippen LogP contribution in [0.25, 0.3) is 0 Å². The highest BCUT2D eigenvalue weighted by Gasteiger charge is 2.32. The van der Waals surface area contributed by atoms with E-state index in [0.29, 0.717) is 5.56 Å². The van der Waals surface area contributed by atoms with Gasteiger partial charge >= 0.3 is 6.18 Å². The van der Waals surface area contributed by atoms with E-state index >= 15 is 0 Å². The van der Waals surface area contributed by atoms with E-state index in [-0.39, 0.29) is 17.8 Å². The number of primary amides is 1. The number of benzene rings is 1. The van der Waals surface area contributed by atoms with E-state index in [1.807, 2.05) is 20.8 Å². The predicted octanol–water partition coefficient (Wildman–Crippen LogP) is 3.71. The number of amides is 1. The fraction of sp³-hybridized carbons (Fsp3) is 0.500. The highest BCUT2D eigenvalue weighted by Crippen LogP contribution is 2.38. The summed E-state index contributed by atoms with van der Waals surface area (Å²) in [5.74, 6) is -0.660. The highest BCUT2D eigenvalue weighted by molar-refractivity contribution is 5.75. The van der Waals surface area contributed by atoms with Gasteiger partial charge in [-0.3, -0.25) is 4.79 Å². The van der Waals surface area contributed by atoms with Crippen molar-refractivity contribution in [3.63, 3.8) is 0 Å². The third-order valence-electron chi connectivity index (χ3n) is 3.09. The minimum atomic E-state index is -4.35. The summed E-state index contributed by atoms with van der Waals surface area (Å²) in [4.78, 5) is 11.1. The molecule has 2 N–H and O–H groups in total. The normalized spacial score (nSPS) is 14.2. The Labute approximate surface area is 110 Å². The van der Waals surface area contributed by atoms with Gasteiger partial charge < -0.3 is 5.73 Å². The molecule has 0 spiro atoms. The van der Waals surface area contributed by atoms with Crippen molar-refractivity contribution in [3.05, 3.63) is 35.4 Å². The number of alkyl halides is 3. The van der Waals surface area contributed by atoms with Gasteiger partial charge in [-0.05, 0) is 29.0 Å². The van der Waals surface area contributed by atoms with Crippen LogP contribution in [-0.2, 0) is 11.0 Å². The highest BCUT2D eigenvalue weighted by atomic mass is 19.4. The number of hydrogen-bond acceptors (Lipinski definition) is 1. The maximum Gasteiger partial charge on any atom is 0.416 e. The summed E-state index contributed by atoms with van der Waals surface area (Å²) < 4.78 is 37.5. The molecule has 19 heavy (non-hydrogen) atoms. The number of halogens is 3. The Morgan fingerprint density at radius 1 is 1.16 bits per heavy atom. The zero-order chi connectivity index (χ0) is 14.8. The summed E-state index contributed by atoms with van der Waals surface area (Å²) in [5, 5.41) is 0. The molecule has 0 fully saturated rings. The largest absolute Gasteiger partial charge is 0.416 e. The van der Waals surface area contributed by atoms with Crippen LogP contribution in [0.2, 0.25) is 0 Å². The van der Waals surface area contributed by atoms with Crippen LogP contribution in [0.5, 0.6) is 0 Å². The first-order chi connectivity index (χ1) is 8.51. The first kappa shape index (κ1) is 15.5. The van der Waals surface area contributed by atoms with Gasteiger partial charge in [-0.25, -0.2) is 0 Å². The zero-order valence-corrected chi connectivity index (χ0v) is 11.2. The minimum Gasteiger partial charge on any atom is -0.370 e. The molecule has 1 atom stereocenters. The summed E-state index contributed by atoms with van der Waals surface area (Å²) in [6, 6.07) is 4.91. The standard InChI is InChI=1S/C14H18F3NO/c1-13(2,3)11(8-12(18)19)9-4-6-10(7-5-9)14(15,16)17/h4-7,11H,8H2,1-3H3,(H2,18,19). The van der Waals surface area contributed by atoms with Crippen LogP contribution in [0.15, 0.2) is 24.3 Å². The summed E-state index contributed by atoms with van der Waals surface area (Å²) >= 11 is 0. The van der Waals surface area contributed by atoms with Crippen LogP contribution in [0.4, 0.5) is 13.2 Å². The monoisotopic (exact) mass is 273 g/mol. The first-order valence-electron chi connectivity index (χ1n) is 5.97. The molecule has 0 aromatic heterocycles. The van der Waals surface area contributed by atoms with E-state index < -0.39 is 17.6 Å². The Bertz CT molecular complexity index is 443. The van der Waals surface area contributed by atoms with Gasteiger partial charge in [0.15, 0.2) is 0 Å². The van der Waals surface area contributed by atoms with E-state index in [4.69, 9.17) is 5.73 Å². The molecule has 1 aromatic carbocycles. The fourth-order valence-electron chi connectivity index (χ4n) is 2.03. The molecule has 0 radical (unpaired) electrons. The van der Waals surface area contributed by atoms with Crippen LogP contribution < -0.4 is 5.73 Å². The molecule has 2 nitrogen and oxygen atoms in total. The third kappa shape index (κ3) is 4.26. The van der Waals surface area contributed by atoms with Crippen LogP contribution >= 0.6 is 0 Å². The number of carbonyl (C=O) groups excluding carboxylic acids is 1. The Kier molecular flexibility index (Phi) is 4.28. The Balaban J connectivity index is 3.08. The molecule has 1 aromatic rings. The van der Waals surface area contributed by atoms with E-state index in [1.54, 1.807) is 0 Å². The summed E-state index contributed by atoms with van der Waals surface area (Å²) in [6.45, 7) is 5.79. The van der Waals surface area contributed by atoms with Crippen LogP contribution in [0.3, 0.4) is 0 Å². The molecule has 0 heterocycles. The minimum absolute atomic E-state index is 0.120. The smallest absolute Gasteiger partial charge is 0.370 e. The molecule has 0 aliphatic carbocycles. The molecule has 106 valence electrons. The second kappa shape index (κ2) is 5.23. The average Bonchev–Trinajstić information content (AvgIpc) is 2.23. The lowest BCUT2D eigenvalue weighted by atomic mass is 9.74. The van der Waals surface area contributed by atoms with E-state index in [0.717, 1.165) is 12.1 Å². The van der Waals surface area contributed by atoms with Crippen molar-refractivity contribution in [2.24, 2.45) is 11.1 Å². The van der Waals surface area contributed by atoms with Crippen LogP contribution in [0, 0.1) is 5.41 Å². The van der Waals surface area contributed by atoms with Gasteiger partial charge in [0.2, 0.25) is 5.91 Å². The average molecular weight is 273 g/mol. The lowest BCUT2D eigenvalue weighted by molar-refractivity contribution is -0.137. The maximum absolute atomic E-state index is 12.5. The summed E-state index contributed by atoms with van der Waals surface area (Å²) in [7, 11) is 0. The van der Waals surface area contributed by atoms with Crippen molar-refractivity contribution in [2.75, 3.05) is 0 Å². The summed E-state index contributed by atoms with van der Waals surface area (Å²) in [6.07, 6.45) is -4.23. The van der Waals surface area contributed by atoms with Crippen LogP contribution in [0.1, 0.15) is 44.2 Å². The molecular formula is C14H18F3NO. The molecule has 0 aliphatic heterocycles. The van der Waals surface area contributed by atoms with Gasteiger partial charge in [0.1, 0.15) is 0 Å². The SMILES string of the molecule is CC(C)(C)C(CC(N)=O)c1ccc(C(F)(F)F)cc1. The van der Waals surface area contributed by atoms with Crippen molar-refractivity contribution in [3.8, 4) is 0 Å². The van der Waals surface area contributed by atoms with Crippen molar-refractivity contribution in [1.29, 1.82) is 0 Å². The maximum atomic E-state index is 12.5. The molecule has 1 amide bonds. The Hall–Kier alpha value is -1.52. The molecule has 0 saturated carbocycles. The second-order valence-corrected chi connectivity index (χ2v) is 5.71. The van der Waals surface area contributed by atoms with Gasteiger partial charge in [-0.1, -0.05) is 32.9 Å². The number of hydrogen-bond donors (Lipinski definition) is 1. The van der Waals surface area contributed by atoms with Gasteiger partial charge in [0.25, 0.3) is 0 Å². The van der Waals surface area contributed by atoms with E-state index in [2.05, 4.69) is 0 Å². The zero-order valence-electron chi connectivity index (χ0n) is 11.2. The molecule has 1 rings (SSSR count). The number of carbonyl (C=O) groups is 1. The number of nitrogens with two attached hydrogens (primary N) is 1. The number of rotatable bonds is 3. The van der Waals surface area contributed by atoms with Gasteiger partial charge in [-0.15, -0.1) is 0 Å². The van der Waals surface area contributed by atoms with Gasteiger partial charge in [0, 0.05) is 6.42 Å². The fourth-order valence-corrected chi connectivity index (χ4v) is 2.03. The third-order valence-corrected chi connectivity index (χ3v) is 3.09. The van der Waals surface area contributed by atoms with Crippen molar-refractivity contribution in [1.82, 2.24) is 0 Å². The van der Waals surface area contributed by atoms with Crippen molar-refractivity contribution < 1.29 is 18.0 Å². The quantitative estimate of drug-likeness (QED) is 0.896. The molecule has 5 heteroatoms. The van der Waals surface area contributed by atoms with E-state index in [9.17, 15) is 18.0 Å². The molecule has 0 saturated heterocycles. The second-order valence-electron chi connectivity index (χ2n) is 5.71. The molecule has 0 aliphatic rings. The Morgan fingerprint density at radius 3 is 1.95 bits per heavy atom. The molecule has 1 unspecified atom stereocenters. The van der Waals surface area contributed by atoms with Crippen LogP contribution in [-0.4, -0.2) is 5.91 Å². The van der Waals surface area contributed by atoms with Crippen molar-refractivity contribution >= 4 is 5.91 Å². The lowest BCUT2D eigenvalue weighted by Crippen LogP contribution is -2.25. The topological polar surface area (TPSA) is 43.1 Å². The van der Waals surface area contributed by atoms with E-state index in [1.165, 1.54) is 12.1 Å². The predicted molar refractivity (Wildman–Crippen MR) is 67.5 cm³/mol. The first-order valence-corrected chi connectivity index (χ1v) is 5.97. The van der Waals surface area contributed by atoms with Gasteiger partial charge in [0.05, 0.1) is 5.56 Å². The lowest BCUT2D eigenvalue weighted by Gasteiger charge is -2.30. The Morgan fingerprint density at radius 2 is 1.63 bits per heavy atom.